The summed E-state index contributed by atoms with van der Waals surface area (Å²) in [5.74, 6) is 1.53. The molecule has 3 aromatic rings. The normalized spacial score (nSPS) is 15.0. The van der Waals surface area contributed by atoms with Crippen LogP contribution >= 0.6 is 0 Å². The van der Waals surface area contributed by atoms with Crippen molar-refractivity contribution in [2.45, 2.75) is 48.9 Å². The second-order valence-corrected chi connectivity index (χ2v) is 9.83. The second kappa shape index (κ2) is 9.14. The first-order chi connectivity index (χ1) is 15.0. The molecule has 0 atom stereocenters. The summed E-state index contributed by atoms with van der Waals surface area (Å²) in [5.41, 5.74) is 1.98. The van der Waals surface area contributed by atoms with Crippen LogP contribution in [0, 0.1) is 6.92 Å². The molecule has 1 fully saturated rings. The number of benzene rings is 2. The Kier molecular flexibility index (Phi) is 6.32. The summed E-state index contributed by atoms with van der Waals surface area (Å²) < 4.78 is 38.3. The highest BCUT2D eigenvalue weighted by Gasteiger charge is 2.31. The molecule has 0 bridgehead atoms. The van der Waals surface area contributed by atoms with Gasteiger partial charge in [-0.15, -0.1) is 0 Å². The molecule has 0 aliphatic carbocycles. The highest BCUT2D eigenvalue weighted by molar-refractivity contribution is 7.91. The van der Waals surface area contributed by atoms with Crippen LogP contribution in [0.3, 0.4) is 0 Å². The minimum atomic E-state index is -3.80. The molecule has 7 heteroatoms. The van der Waals surface area contributed by atoms with E-state index in [0.717, 1.165) is 55.6 Å². The zero-order valence-electron chi connectivity index (χ0n) is 18.0. The van der Waals surface area contributed by atoms with E-state index in [-0.39, 0.29) is 9.92 Å². The predicted octanol–water partition coefficient (Wildman–Crippen LogP) is 4.80. The Morgan fingerprint density at radius 3 is 2.23 bits per heavy atom. The van der Waals surface area contributed by atoms with Crippen molar-refractivity contribution in [2.75, 3.05) is 25.1 Å². The first kappa shape index (κ1) is 21.4. The number of aryl methyl sites for hydroxylation is 1. The standard InChI is InChI=1S/C24H28N2O4S/c1-18-7-13-21(14-8-18)31(27,28)23-24(26-15-5-3-4-6-16-26)30-22(25-23)17-19-9-11-20(29-2)12-10-19/h7-14H,3-6,15-17H2,1-2H3. The van der Waals surface area contributed by atoms with E-state index in [1.165, 1.54) is 0 Å². The van der Waals surface area contributed by atoms with Gasteiger partial charge in [-0.2, -0.15) is 4.98 Å². The van der Waals surface area contributed by atoms with E-state index >= 15 is 0 Å². The topological polar surface area (TPSA) is 72.6 Å². The molecule has 1 aromatic heterocycles. The number of hydrogen-bond donors (Lipinski definition) is 0. The van der Waals surface area contributed by atoms with Crippen molar-refractivity contribution in [3.63, 3.8) is 0 Å². The summed E-state index contributed by atoms with van der Waals surface area (Å²) in [6.45, 7) is 3.48. The number of ether oxygens (including phenoxy) is 1. The molecule has 1 saturated heterocycles. The van der Waals surface area contributed by atoms with Gasteiger partial charge in [0.15, 0.2) is 0 Å². The number of hydrogen-bond acceptors (Lipinski definition) is 6. The van der Waals surface area contributed by atoms with Crippen LogP contribution in [-0.2, 0) is 16.3 Å². The SMILES string of the molecule is COc1ccc(Cc2nc(S(=O)(=O)c3ccc(C)cc3)c(N3CCCCCC3)o2)cc1. The van der Waals surface area contributed by atoms with Crippen LogP contribution in [-0.4, -0.2) is 33.6 Å². The van der Waals surface area contributed by atoms with Gasteiger partial charge in [0, 0.05) is 19.5 Å². The lowest BCUT2D eigenvalue weighted by Gasteiger charge is -2.20. The van der Waals surface area contributed by atoms with Gasteiger partial charge in [-0.3, -0.25) is 0 Å². The van der Waals surface area contributed by atoms with Crippen molar-refractivity contribution in [3.8, 4) is 5.75 Å². The smallest absolute Gasteiger partial charge is 0.236 e. The van der Waals surface area contributed by atoms with Crippen LogP contribution in [0.15, 0.2) is 62.9 Å². The molecule has 0 spiro atoms. The second-order valence-electron chi connectivity index (χ2n) is 7.96. The maximum Gasteiger partial charge on any atom is 0.236 e. The van der Waals surface area contributed by atoms with Crippen LogP contribution in [0.1, 0.15) is 42.7 Å². The number of methoxy groups -OCH3 is 1. The fourth-order valence-electron chi connectivity index (χ4n) is 3.81. The van der Waals surface area contributed by atoms with E-state index in [1.807, 2.05) is 36.1 Å². The van der Waals surface area contributed by atoms with Crippen LogP contribution < -0.4 is 9.64 Å². The van der Waals surface area contributed by atoms with Gasteiger partial charge in [0.05, 0.1) is 12.0 Å². The van der Waals surface area contributed by atoms with E-state index in [9.17, 15) is 8.42 Å². The van der Waals surface area contributed by atoms with Crippen LogP contribution in [0.4, 0.5) is 5.88 Å². The predicted molar refractivity (Wildman–Crippen MR) is 120 cm³/mol. The summed E-state index contributed by atoms with van der Waals surface area (Å²) >= 11 is 0. The molecule has 0 radical (unpaired) electrons. The molecular weight excluding hydrogens is 412 g/mol. The van der Waals surface area contributed by atoms with E-state index < -0.39 is 9.84 Å². The summed E-state index contributed by atoms with van der Waals surface area (Å²) in [6.07, 6.45) is 4.72. The Morgan fingerprint density at radius 1 is 0.968 bits per heavy atom. The lowest BCUT2D eigenvalue weighted by Crippen LogP contribution is -2.25. The third kappa shape index (κ3) is 4.77. The van der Waals surface area contributed by atoms with Gasteiger partial charge in [-0.25, -0.2) is 8.42 Å². The zero-order chi connectivity index (χ0) is 21.8. The van der Waals surface area contributed by atoms with Crippen molar-refractivity contribution < 1.29 is 17.6 Å². The molecule has 164 valence electrons. The highest BCUT2D eigenvalue weighted by atomic mass is 32.2. The molecule has 2 aromatic carbocycles. The maximum absolute atomic E-state index is 13.5. The molecule has 31 heavy (non-hydrogen) atoms. The summed E-state index contributed by atoms with van der Waals surface area (Å²) in [7, 11) is -2.17. The summed E-state index contributed by atoms with van der Waals surface area (Å²) in [4.78, 5) is 6.77. The number of rotatable bonds is 6. The molecular formula is C24H28N2O4S. The third-order valence-corrected chi connectivity index (χ3v) is 7.28. The number of nitrogens with zero attached hydrogens (tertiary/aromatic N) is 2. The molecule has 1 aliphatic rings. The van der Waals surface area contributed by atoms with E-state index in [0.29, 0.717) is 18.2 Å². The zero-order valence-corrected chi connectivity index (χ0v) is 18.8. The first-order valence-corrected chi connectivity index (χ1v) is 12.1. The lowest BCUT2D eigenvalue weighted by atomic mass is 10.1. The van der Waals surface area contributed by atoms with Gasteiger partial charge >= 0.3 is 0 Å². The largest absolute Gasteiger partial charge is 0.497 e. The van der Waals surface area contributed by atoms with Crippen molar-refractivity contribution in [1.29, 1.82) is 0 Å². The van der Waals surface area contributed by atoms with Gasteiger partial charge < -0.3 is 14.1 Å². The van der Waals surface area contributed by atoms with E-state index in [2.05, 4.69) is 4.98 Å². The Balaban J connectivity index is 1.73. The van der Waals surface area contributed by atoms with Gasteiger partial charge in [-0.05, 0) is 49.6 Å². The van der Waals surface area contributed by atoms with Crippen LogP contribution in [0.5, 0.6) is 5.75 Å². The molecule has 6 nitrogen and oxygen atoms in total. The van der Waals surface area contributed by atoms with E-state index in [1.54, 1.807) is 31.4 Å². The van der Waals surface area contributed by atoms with Crippen molar-refractivity contribution in [3.05, 3.63) is 65.5 Å². The average molecular weight is 441 g/mol. The molecule has 2 heterocycles. The Labute approximate surface area is 183 Å². The number of sulfone groups is 1. The van der Waals surface area contributed by atoms with E-state index in [4.69, 9.17) is 9.15 Å². The molecule has 0 unspecified atom stereocenters. The molecule has 1 aliphatic heterocycles. The molecule has 0 saturated carbocycles. The number of aromatic nitrogens is 1. The fourth-order valence-corrected chi connectivity index (χ4v) is 5.15. The van der Waals surface area contributed by atoms with Crippen molar-refractivity contribution in [2.24, 2.45) is 0 Å². The minimum absolute atomic E-state index is 0.0155. The first-order valence-electron chi connectivity index (χ1n) is 10.7. The van der Waals surface area contributed by atoms with Crippen molar-refractivity contribution in [1.82, 2.24) is 4.98 Å². The van der Waals surface area contributed by atoms with Gasteiger partial charge in [0.1, 0.15) is 5.75 Å². The van der Waals surface area contributed by atoms with Crippen LogP contribution in [0.2, 0.25) is 0 Å². The lowest BCUT2D eigenvalue weighted by molar-refractivity contribution is 0.414. The Bertz CT molecular complexity index is 1110. The maximum atomic E-state index is 13.5. The van der Waals surface area contributed by atoms with Crippen LogP contribution in [0.25, 0.3) is 0 Å². The van der Waals surface area contributed by atoms with Gasteiger partial charge in [-0.1, -0.05) is 42.7 Å². The Morgan fingerprint density at radius 2 is 1.61 bits per heavy atom. The number of oxazole rings is 1. The minimum Gasteiger partial charge on any atom is -0.497 e. The summed E-state index contributed by atoms with van der Waals surface area (Å²) in [6, 6.07) is 14.5. The van der Waals surface area contributed by atoms with Gasteiger partial charge in [0.2, 0.25) is 26.6 Å². The quantitative estimate of drug-likeness (QED) is 0.548. The molecule has 0 N–H and O–H groups in total. The summed E-state index contributed by atoms with van der Waals surface area (Å²) in [5, 5.41) is 0.0155. The highest BCUT2D eigenvalue weighted by Crippen LogP contribution is 2.33. The average Bonchev–Trinajstić information content (AvgIpc) is 3.01. The molecule has 0 amide bonds. The Hall–Kier alpha value is -2.80. The molecule has 4 rings (SSSR count). The fraction of sp³-hybridized carbons (Fsp3) is 0.375. The monoisotopic (exact) mass is 440 g/mol. The van der Waals surface area contributed by atoms with Gasteiger partial charge in [0.25, 0.3) is 0 Å². The third-order valence-electron chi connectivity index (χ3n) is 5.62. The van der Waals surface area contributed by atoms with Crippen molar-refractivity contribution >= 4 is 15.7 Å². The number of anilines is 1.